The molecule has 0 aromatic carbocycles. The summed E-state index contributed by atoms with van der Waals surface area (Å²) in [6.07, 6.45) is 0. The van der Waals surface area contributed by atoms with Crippen molar-refractivity contribution < 1.29 is 0 Å². The Bertz CT molecular complexity index is 467. The molecule has 1 N–H and O–H groups in total. The first-order chi connectivity index (χ1) is 8.52. The fourth-order valence-corrected chi connectivity index (χ4v) is 5.65. The van der Waals surface area contributed by atoms with Gasteiger partial charge >= 0.3 is 0 Å². The Morgan fingerprint density at radius 3 is 2.22 bits per heavy atom. The van der Waals surface area contributed by atoms with Crippen LogP contribution in [-0.2, 0) is 0 Å². The number of rotatable bonds is 4. The minimum Gasteiger partial charge on any atom is -0.305 e. The van der Waals surface area contributed by atoms with Crippen LogP contribution in [0.2, 0.25) is 4.34 Å². The normalized spacial score (nSPS) is 12.9. The maximum Gasteiger partial charge on any atom is 0.107 e. The van der Waals surface area contributed by atoms with Gasteiger partial charge in [-0.1, -0.05) is 18.5 Å². The molecule has 1 atom stereocenters. The molecule has 0 amide bonds. The van der Waals surface area contributed by atoms with E-state index in [-0.39, 0.29) is 6.04 Å². The van der Waals surface area contributed by atoms with E-state index in [1.807, 2.05) is 0 Å². The van der Waals surface area contributed by atoms with Gasteiger partial charge in [-0.25, -0.2) is 0 Å². The van der Waals surface area contributed by atoms with E-state index in [9.17, 15) is 0 Å². The Hall–Kier alpha value is 1.09. The molecular weight excluding hydrogens is 485 g/mol. The Labute approximate surface area is 144 Å². The monoisotopic (exact) mass is 491 g/mol. The molecule has 1 nitrogen and oxygen atoms in total. The van der Waals surface area contributed by atoms with Gasteiger partial charge in [0.15, 0.2) is 0 Å². The molecule has 0 aliphatic heterocycles. The molecule has 2 aromatic rings. The Morgan fingerprint density at radius 2 is 1.78 bits per heavy atom. The van der Waals surface area contributed by atoms with Crippen LogP contribution in [0, 0.1) is 0 Å². The summed E-state index contributed by atoms with van der Waals surface area (Å²) in [6.45, 7) is 3.01. The average molecular weight is 494 g/mol. The van der Waals surface area contributed by atoms with E-state index in [1.54, 1.807) is 22.7 Å². The predicted molar refractivity (Wildman–Crippen MR) is 92.3 cm³/mol. The van der Waals surface area contributed by atoms with E-state index in [0.29, 0.717) is 0 Å². The highest BCUT2D eigenvalue weighted by Crippen LogP contribution is 2.42. The van der Waals surface area contributed by atoms with Crippen LogP contribution in [0.4, 0.5) is 0 Å². The van der Waals surface area contributed by atoms with Gasteiger partial charge in [0.1, 0.15) is 4.34 Å². The van der Waals surface area contributed by atoms with Gasteiger partial charge < -0.3 is 5.32 Å². The van der Waals surface area contributed by atoms with Gasteiger partial charge in [-0.3, -0.25) is 0 Å². The van der Waals surface area contributed by atoms with Crippen molar-refractivity contribution in [2.24, 2.45) is 0 Å². The van der Waals surface area contributed by atoms with Crippen molar-refractivity contribution in [2.75, 3.05) is 6.54 Å². The third kappa shape index (κ3) is 3.40. The lowest BCUT2D eigenvalue weighted by Crippen LogP contribution is -2.20. The van der Waals surface area contributed by atoms with Crippen LogP contribution < -0.4 is 5.32 Å². The van der Waals surface area contributed by atoms with E-state index in [1.165, 1.54) is 9.75 Å². The van der Waals surface area contributed by atoms with E-state index in [4.69, 9.17) is 11.6 Å². The van der Waals surface area contributed by atoms with Crippen LogP contribution in [0.15, 0.2) is 24.9 Å². The summed E-state index contributed by atoms with van der Waals surface area (Å²) in [4.78, 5) is 2.48. The highest BCUT2D eigenvalue weighted by atomic mass is 79.9. The molecule has 7 heteroatoms. The maximum absolute atomic E-state index is 6.13. The second-order valence-electron chi connectivity index (χ2n) is 3.53. The van der Waals surface area contributed by atoms with Crippen LogP contribution in [0.5, 0.6) is 0 Å². The van der Waals surface area contributed by atoms with Crippen LogP contribution >= 0.6 is 82.1 Å². The molecular formula is C11H9Br3ClNS2. The quantitative estimate of drug-likeness (QED) is 0.515. The third-order valence-electron chi connectivity index (χ3n) is 2.31. The lowest BCUT2D eigenvalue weighted by Gasteiger charge is -2.14. The largest absolute Gasteiger partial charge is 0.305 e. The summed E-state index contributed by atoms with van der Waals surface area (Å²) < 4.78 is 3.96. The van der Waals surface area contributed by atoms with Crippen molar-refractivity contribution >= 4 is 82.1 Å². The summed E-state index contributed by atoms with van der Waals surface area (Å²) in [7, 11) is 0. The van der Waals surface area contributed by atoms with E-state index in [0.717, 1.165) is 23.6 Å². The van der Waals surface area contributed by atoms with E-state index < -0.39 is 0 Å². The molecule has 2 heterocycles. The highest BCUT2D eigenvalue weighted by Gasteiger charge is 2.20. The van der Waals surface area contributed by atoms with Crippen molar-refractivity contribution in [3.05, 3.63) is 39.0 Å². The van der Waals surface area contributed by atoms with Gasteiger partial charge in [-0.2, -0.15) is 0 Å². The van der Waals surface area contributed by atoms with E-state index in [2.05, 4.69) is 72.2 Å². The third-order valence-corrected chi connectivity index (χ3v) is 8.17. The molecule has 0 bridgehead atoms. The first-order valence-electron chi connectivity index (χ1n) is 5.15. The molecule has 0 saturated carbocycles. The average Bonchev–Trinajstić information content (AvgIpc) is 2.81. The molecule has 2 rings (SSSR count). The topological polar surface area (TPSA) is 12.0 Å². The van der Waals surface area contributed by atoms with Gasteiger partial charge in [-0.05, 0) is 66.5 Å². The number of halogens is 4. The maximum atomic E-state index is 6.13. The van der Waals surface area contributed by atoms with Crippen molar-refractivity contribution in [2.45, 2.75) is 13.0 Å². The van der Waals surface area contributed by atoms with Crippen molar-refractivity contribution in [3.8, 4) is 0 Å². The zero-order valence-electron chi connectivity index (χ0n) is 9.27. The predicted octanol–water partition coefficient (Wildman–Crippen LogP) is 6.45. The highest BCUT2D eigenvalue weighted by molar-refractivity contribution is 9.13. The molecule has 2 aromatic heterocycles. The number of hydrogen-bond donors (Lipinski definition) is 1. The molecule has 0 radical (unpaired) electrons. The van der Waals surface area contributed by atoms with Gasteiger partial charge in [-0.15, -0.1) is 22.7 Å². The standard InChI is InChI=1S/C11H9Br3ClNS2/c1-2-16-9(7-3-5(12)10(14)17-7)8-4-6(13)11(15)18-8/h3-4,9,16H,2H2,1H3. The second kappa shape index (κ2) is 6.70. The summed E-state index contributed by atoms with van der Waals surface area (Å²) in [5.41, 5.74) is 0. The van der Waals surface area contributed by atoms with Gasteiger partial charge in [0.2, 0.25) is 0 Å². The first kappa shape index (κ1) is 15.5. The lowest BCUT2D eigenvalue weighted by molar-refractivity contribution is 0.648. The molecule has 18 heavy (non-hydrogen) atoms. The van der Waals surface area contributed by atoms with Crippen LogP contribution in [0.1, 0.15) is 22.7 Å². The fourth-order valence-electron chi connectivity index (χ4n) is 1.56. The Balaban J connectivity index is 2.39. The molecule has 0 saturated heterocycles. The number of thiophene rings is 2. The van der Waals surface area contributed by atoms with Gasteiger partial charge in [0.25, 0.3) is 0 Å². The van der Waals surface area contributed by atoms with Crippen molar-refractivity contribution in [1.82, 2.24) is 5.32 Å². The molecule has 0 aliphatic carbocycles. The fraction of sp³-hybridized carbons (Fsp3) is 0.273. The Kier molecular flexibility index (Phi) is 5.76. The molecule has 0 aliphatic rings. The molecule has 0 fully saturated rings. The first-order valence-corrected chi connectivity index (χ1v) is 9.54. The smallest absolute Gasteiger partial charge is 0.107 e. The van der Waals surface area contributed by atoms with Crippen LogP contribution in [-0.4, -0.2) is 6.54 Å². The lowest BCUT2D eigenvalue weighted by atomic mass is 10.2. The SMILES string of the molecule is CCNC(c1cc(Br)c(Cl)s1)c1cc(Br)c(Br)s1. The zero-order valence-corrected chi connectivity index (χ0v) is 16.4. The van der Waals surface area contributed by atoms with Crippen molar-refractivity contribution in [1.29, 1.82) is 0 Å². The molecule has 98 valence electrons. The summed E-state index contributed by atoms with van der Waals surface area (Å²) in [6, 6.07) is 4.42. The molecule has 0 spiro atoms. The summed E-state index contributed by atoms with van der Waals surface area (Å²) >= 11 is 20.0. The second-order valence-corrected chi connectivity index (χ2v) is 9.33. The Morgan fingerprint density at radius 1 is 1.17 bits per heavy atom. The zero-order chi connectivity index (χ0) is 13.3. The summed E-state index contributed by atoms with van der Waals surface area (Å²) in [5, 5.41) is 3.50. The van der Waals surface area contributed by atoms with Crippen LogP contribution in [0.3, 0.4) is 0 Å². The number of nitrogens with one attached hydrogen (secondary N) is 1. The summed E-state index contributed by atoms with van der Waals surface area (Å²) in [5.74, 6) is 0. The van der Waals surface area contributed by atoms with Gasteiger partial charge in [0, 0.05) is 18.7 Å². The van der Waals surface area contributed by atoms with Crippen molar-refractivity contribution in [3.63, 3.8) is 0 Å². The van der Waals surface area contributed by atoms with Gasteiger partial charge in [0.05, 0.1) is 9.83 Å². The molecule has 1 unspecified atom stereocenters. The minimum absolute atomic E-state index is 0.191. The van der Waals surface area contributed by atoms with E-state index >= 15 is 0 Å². The van der Waals surface area contributed by atoms with Crippen LogP contribution in [0.25, 0.3) is 0 Å². The number of hydrogen-bond acceptors (Lipinski definition) is 3. The minimum atomic E-state index is 0.191.